The molecule has 100 valence electrons. The van der Waals surface area contributed by atoms with Gasteiger partial charge in [-0.05, 0) is 36.6 Å². The summed E-state index contributed by atoms with van der Waals surface area (Å²) in [6.45, 7) is 4.11. The Labute approximate surface area is 121 Å². The highest BCUT2D eigenvalue weighted by molar-refractivity contribution is 7.97. The predicted octanol–water partition coefficient (Wildman–Crippen LogP) is 4.50. The molecule has 2 rings (SSSR count). The summed E-state index contributed by atoms with van der Waals surface area (Å²) in [6, 6.07) is 10.2. The van der Waals surface area contributed by atoms with Crippen LogP contribution in [-0.4, -0.2) is 11.1 Å². The molecule has 1 heterocycles. The lowest BCUT2D eigenvalue weighted by Gasteiger charge is -2.05. The van der Waals surface area contributed by atoms with Crippen molar-refractivity contribution in [3.05, 3.63) is 56.8 Å². The van der Waals surface area contributed by atoms with Crippen molar-refractivity contribution in [2.24, 2.45) is 0 Å². The van der Waals surface area contributed by atoms with Gasteiger partial charge in [0.25, 0.3) is 0 Å². The topological polar surface area (TPSA) is 37.3 Å². The highest BCUT2D eigenvalue weighted by Crippen LogP contribution is 2.27. The largest absolute Gasteiger partial charge is 0.477 e. The molecule has 4 heteroatoms. The number of aromatic carboxylic acids is 1. The average molecular weight is 292 g/mol. The van der Waals surface area contributed by atoms with Crippen molar-refractivity contribution in [1.82, 2.24) is 0 Å². The van der Waals surface area contributed by atoms with Gasteiger partial charge >= 0.3 is 5.97 Å². The zero-order valence-corrected chi connectivity index (χ0v) is 12.6. The second-order valence-electron chi connectivity index (χ2n) is 4.42. The first-order valence-electron chi connectivity index (χ1n) is 6.03. The highest BCUT2D eigenvalue weighted by Gasteiger charge is 2.10. The van der Waals surface area contributed by atoms with E-state index in [0.717, 1.165) is 21.9 Å². The zero-order chi connectivity index (χ0) is 13.8. The summed E-state index contributed by atoms with van der Waals surface area (Å²) >= 11 is 3.19. The Kier molecular flexibility index (Phi) is 4.66. The number of thioether (sulfide) groups is 1. The molecule has 0 atom stereocenters. The van der Waals surface area contributed by atoms with Crippen LogP contribution in [0.4, 0.5) is 0 Å². The van der Waals surface area contributed by atoms with E-state index < -0.39 is 5.97 Å². The van der Waals surface area contributed by atoms with Gasteiger partial charge in [0.05, 0.1) is 0 Å². The van der Waals surface area contributed by atoms with Crippen molar-refractivity contribution in [2.75, 3.05) is 0 Å². The maximum Gasteiger partial charge on any atom is 0.345 e. The predicted molar refractivity (Wildman–Crippen MR) is 82.2 cm³/mol. The van der Waals surface area contributed by atoms with Gasteiger partial charge in [-0.25, -0.2) is 4.79 Å². The minimum Gasteiger partial charge on any atom is -0.477 e. The fourth-order valence-corrected chi connectivity index (χ4v) is 3.95. The van der Waals surface area contributed by atoms with Gasteiger partial charge in [0, 0.05) is 16.4 Å². The van der Waals surface area contributed by atoms with Crippen molar-refractivity contribution in [3.63, 3.8) is 0 Å². The number of carbonyl (C=O) groups is 1. The van der Waals surface area contributed by atoms with Crippen LogP contribution in [0.3, 0.4) is 0 Å². The Morgan fingerprint density at radius 3 is 2.53 bits per heavy atom. The van der Waals surface area contributed by atoms with E-state index >= 15 is 0 Å². The third-order valence-corrected chi connectivity index (χ3v) is 5.12. The molecule has 2 aromatic rings. The Balaban J connectivity index is 1.96. The van der Waals surface area contributed by atoms with Crippen LogP contribution in [0.1, 0.15) is 31.2 Å². The van der Waals surface area contributed by atoms with Crippen LogP contribution in [0.2, 0.25) is 0 Å². The Bertz CT molecular complexity index is 588. The van der Waals surface area contributed by atoms with Crippen LogP contribution in [0.25, 0.3) is 0 Å². The van der Waals surface area contributed by atoms with E-state index in [2.05, 4.69) is 25.1 Å². The van der Waals surface area contributed by atoms with Gasteiger partial charge in [-0.15, -0.1) is 11.3 Å². The molecular weight excluding hydrogens is 276 g/mol. The molecule has 1 aromatic heterocycles. The Morgan fingerprint density at radius 1 is 1.21 bits per heavy atom. The number of rotatable bonds is 5. The smallest absolute Gasteiger partial charge is 0.345 e. The van der Waals surface area contributed by atoms with Crippen LogP contribution >= 0.6 is 23.1 Å². The number of thiophene rings is 1. The van der Waals surface area contributed by atoms with E-state index in [1.807, 2.05) is 24.8 Å². The molecule has 1 N–H and O–H groups in total. The van der Waals surface area contributed by atoms with Gasteiger partial charge in [0.1, 0.15) is 4.88 Å². The molecule has 19 heavy (non-hydrogen) atoms. The first kappa shape index (κ1) is 14.2. The summed E-state index contributed by atoms with van der Waals surface area (Å²) in [7, 11) is 0. The highest BCUT2D eigenvalue weighted by atomic mass is 32.2. The van der Waals surface area contributed by atoms with Crippen LogP contribution in [-0.2, 0) is 11.5 Å². The van der Waals surface area contributed by atoms with Crippen molar-refractivity contribution < 1.29 is 9.90 Å². The number of carboxylic acid groups (broad SMARTS) is 1. The molecule has 0 saturated carbocycles. The van der Waals surface area contributed by atoms with Gasteiger partial charge in [0.15, 0.2) is 0 Å². The summed E-state index contributed by atoms with van der Waals surface area (Å²) in [6.07, 6.45) is 0. The van der Waals surface area contributed by atoms with Crippen LogP contribution in [0.15, 0.2) is 30.3 Å². The third kappa shape index (κ3) is 3.61. The maximum atomic E-state index is 10.9. The number of carboxylic acids is 1. The van der Waals surface area contributed by atoms with Crippen molar-refractivity contribution in [1.29, 1.82) is 0 Å². The second-order valence-corrected chi connectivity index (χ2v) is 6.66. The van der Waals surface area contributed by atoms with Gasteiger partial charge < -0.3 is 5.11 Å². The molecule has 0 aliphatic heterocycles. The third-order valence-electron chi connectivity index (χ3n) is 3.01. The van der Waals surface area contributed by atoms with Gasteiger partial charge in [-0.3, -0.25) is 0 Å². The van der Waals surface area contributed by atoms with Gasteiger partial charge in [-0.2, -0.15) is 11.8 Å². The van der Waals surface area contributed by atoms with E-state index in [1.165, 1.54) is 22.5 Å². The number of aryl methyl sites for hydroxylation is 2. The molecule has 1 aromatic carbocycles. The van der Waals surface area contributed by atoms with Gasteiger partial charge in [0.2, 0.25) is 0 Å². The molecule has 0 bridgehead atoms. The fourth-order valence-electron chi connectivity index (χ4n) is 1.81. The molecule has 0 amide bonds. The summed E-state index contributed by atoms with van der Waals surface area (Å²) in [4.78, 5) is 12.5. The summed E-state index contributed by atoms with van der Waals surface area (Å²) in [5, 5.41) is 8.97. The standard InChI is InChI=1S/C15H16O2S2/c1-10-5-3-4-6-12(10)8-18-9-13-7-14(15(16)17)19-11(13)2/h3-7H,8-9H2,1-2H3,(H,16,17). The van der Waals surface area contributed by atoms with E-state index in [4.69, 9.17) is 5.11 Å². The zero-order valence-electron chi connectivity index (χ0n) is 11.0. The minimum atomic E-state index is -0.830. The molecule has 0 aliphatic rings. The first-order chi connectivity index (χ1) is 9.08. The fraction of sp³-hybridized carbons (Fsp3) is 0.267. The molecule has 0 spiro atoms. The first-order valence-corrected chi connectivity index (χ1v) is 8.00. The molecule has 2 nitrogen and oxygen atoms in total. The minimum absolute atomic E-state index is 0.434. The Hall–Kier alpha value is -1.26. The van der Waals surface area contributed by atoms with Crippen LogP contribution < -0.4 is 0 Å². The maximum absolute atomic E-state index is 10.9. The van der Waals surface area contributed by atoms with Crippen molar-refractivity contribution in [2.45, 2.75) is 25.4 Å². The number of hydrogen-bond acceptors (Lipinski definition) is 3. The van der Waals surface area contributed by atoms with E-state index in [9.17, 15) is 4.79 Å². The van der Waals surface area contributed by atoms with Gasteiger partial charge in [-0.1, -0.05) is 24.3 Å². The molecule has 0 fully saturated rings. The summed E-state index contributed by atoms with van der Waals surface area (Å²) < 4.78 is 0. The molecule has 0 radical (unpaired) electrons. The Morgan fingerprint density at radius 2 is 1.89 bits per heavy atom. The van der Waals surface area contributed by atoms with Crippen LogP contribution in [0, 0.1) is 13.8 Å². The van der Waals surface area contributed by atoms with Crippen molar-refractivity contribution >= 4 is 29.1 Å². The quantitative estimate of drug-likeness (QED) is 0.881. The van der Waals surface area contributed by atoms with E-state index in [-0.39, 0.29) is 0 Å². The van der Waals surface area contributed by atoms with Crippen LogP contribution in [0.5, 0.6) is 0 Å². The molecule has 0 unspecified atom stereocenters. The SMILES string of the molecule is Cc1ccccc1CSCc1cc(C(=O)O)sc1C. The van der Waals surface area contributed by atoms with E-state index in [0.29, 0.717) is 4.88 Å². The summed E-state index contributed by atoms with van der Waals surface area (Å²) in [5.41, 5.74) is 3.79. The lowest BCUT2D eigenvalue weighted by Crippen LogP contribution is -1.90. The van der Waals surface area contributed by atoms with Crippen molar-refractivity contribution in [3.8, 4) is 0 Å². The number of hydrogen-bond donors (Lipinski definition) is 1. The monoisotopic (exact) mass is 292 g/mol. The number of benzene rings is 1. The second kappa shape index (κ2) is 6.26. The molecule has 0 aliphatic carbocycles. The lowest BCUT2D eigenvalue weighted by molar-refractivity contribution is 0.0702. The molecular formula is C15H16O2S2. The lowest BCUT2D eigenvalue weighted by atomic mass is 10.1. The van der Waals surface area contributed by atoms with E-state index in [1.54, 1.807) is 6.07 Å². The summed E-state index contributed by atoms with van der Waals surface area (Å²) in [5.74, 6) is 0.997. The average Bonchev–Trinajstić information content (AvgIpc) is 2.74. The normalized spacial score (nSPS) is 10.6. The molecule has 0 saturated heterocycles.